The van der Waals surface area contributed by atoms with Gasteiger partial charge in [0.2, 0.25) is 5.89 Å². The third-order valence-corrected chi connectivity index (χ3v) is 3.77. The Balaban J connectivity index is 1.77. The van der Waals surface area contributed by atoms with Gasteiger partial charge in [-0.2, -0.15) is 0 Å². The summed E-state index contributed by atoms with van der Waals surface area (Å²) < 4.78 is 10.6. The molecule has 1 fully saturated rings. The van der Waals surface area contributed by atoms with Crippen LogP contribution in [-0.4, -0.2) is 47.3 Å². The van der Waals surface area contributed by atoms with Crippen LogP contribution in [0.15, 0.2) is 28.7 Å². The van der Waals surface area contributed by atoms with Crippen molar-refractivity contribution < 1.29 is 13.9 Å². The van der Waals surface area contributed by atoms with Crippen LogP contribution in [0, 0.1) is 4.84 Å². The maximum Gasteiger partial charge on any atom is 0.284 e. The molecule has 1 amide bonds. The molecule has 0 radical (unpaired) electrons. The summed E-state index contributed by atoms with van der Waals surface area (Å²) in [5, 5.41) is 6.52. The number of benzene rings is 1. The predicted octanol–water partition coefficient (Wildman–Crippen LogP) is 2.26. The lowest BCUT2D eigenvalue weighted by atomic mass is 10.1. The fourth-order valence-corrected chi connectivity index (χ4v) is 2.43. The molecule has 0 spiro atoms. The van der Waals surface area contributed by atoms with Gasteiger partial charge in [0.25, 0.3) is 10.7 Å². The number of H-pyrrole nitrogens is 1. The molecule has 0 saturated carbocycles. The summed E-state index contributed by atoms with van der Waals surface area (Å²) in [6.07, 6.45) is 0.883. The Morgan fingerprint density at radius 1 is 1.43 bits per heavy atom. The van der Waals surface area contributed by atoms with E-state index in [4.69, 9.17) is 21.4 Å². The Hall–Kier alpha value is -1.99. The lowest BCUT2D eigenvalue weighted by Gasteiger charge is -2.23. The van der Waals surface area contributed by atoms with Crippen molar-refractivity contribution in [1.82, 2.24) is 15.1 Å². The largest absolute Gasteiger partial charge is 0.409 e. The van der Waals surface area contributed by atoms with Gasteiger partial charge in [0, 0.05) is 24.8 Å². The minimum atomic E-state index is -0.0139. The van der Waals surface area contributed by atoms with Crippen LogP contribution in [0.4, 0.5) is 0 Å². The van der Waals surface area contributed by atoms with Crippen LogP contribution in [0.25, 0.3) is 11.5 Å². The van der Waals surface area contributed by atoms with Crippen molar-refractivity contribution in [2.24, 2.45) is 0 Å². The summed E-state index contributed by atoms with van der Waals surface area (Å²) in [5.41, 5.74) is 1.40. The summed E-state index contributed by atoms with van der Waals surface area (Å²) >= 11 is 4.84. The third kappa shape index (κ3) is 2.88. The molecule has 1 aliphatic heterocycles. The van der Waals surface area contributed by atoms with Gasteiger partial charge in [0.15, 0.2) is 0 Å². The SMILES string of the molecule is CN(C(=O)c1ccc(-c2n[nH]c(=S)o2)cc1)[C@H]1CCOC1. The quantitative estimate of drug-likeness (QED) is 0.881. The second kappa shape index (κ2) is 5.79. The standard InChI is InChI=1S/C14H15N3O3S/c1-17(11-6-7-19-8-11)13(18)10-4-2-9(3-5-10)12-15-16-14(21)20-12/h2-5,11H,6-8H2,1H3,(H,16,21)/t11-/m0/s1. The molecule has 21 heavy (non-hydrogen) atoms. The van der Waals surface area contributed by atoms with Crippen LogP contribution in [0.3, 0.4) is 0 Å². The summed E-state index contributed by atoms with van der Waals surface area (Å²) in [6.45, 7) is 1.32. The molecular formula is C14H15N3O3S. The van der Waals surface area contributed by atoms with E-state index in [1.165, 1.54) is 0 Å². The van der Waals surface area contributed by atoms with Crippen LogP contribution in [0.5, 0.6) is 0 Å². The number of hydrogen-bond donors (Lipinski definition) is 1. The van der Waals surface area contributed by atoms with Crippen LogP contribution in [-0.2, 0) is 4.74 Å². The molecular weight excluding hydrogens is 290 g/mol. The normalized spacial score (nSPS) is 17.9. The number of nitrogens with zero attached hydrogens (tertiary/aromatic N) is 2. The molecule has 110 valence electrons. The Morgan fingerprint density at radius 2 is 2.19 bits per heavy atom. The molecule has 1 atom stereocenters. The van der Waals surface area contributed by atoms with E-state index < -0.39 is 0 Å². The van der Waals surface area contributed by atoms with Crippen molar-refractivity contribution in [3.8, 4) is 11.5 Å². The van der Waals surface area contributed by atoms with Gasteiger partial charge < -0.3 is 14.1 Å². The first kappa shape index (κ1) is 14.0. The van der Waals surface area contributed by atoms with Gasteiger partial charge >= 0.3 is 0 Å². The van der Waals surface area contributed by atoms with E-state index in [1.807, 2.05) is 7.05 Å². The molecule has 1 N–H and O–H groups in total. The fraction of sp³-hybridized carbons (Fsp3) is 0.357. The van der Waals surface area contributed by atoms with E-state index in [-0.39, 0.29) is 16.8 Å². The molecule has 1 aromatic carbocycles. The van der Waals surface area contributed by atoms with E-state index in [1.54, 1.807) is 29.2 Å². The maximum absolute atomic E-state index is 12.4. The Kier molecular flexibility index (Phi) is 3.85. The molecule has 1 aliphatic rings. The number of amides is 1. The summed E-state index contributed by atoms with van der Waals surface area (Å²) in [5.74, 6) is 0.400. The summed E-state index contributed by atoms with van der Waals surface area (Å²) in [7, 11) is 1.81. The maximum atomic E-state index is 12.4. The van der Waals surface area contributed by atoms with E-state index in [9.17, 15) is 4.79 Å². The number of hydrogen-bond acceptors (Lipinski definition) is 5. The highest BCUT2D eigenvalue weighted by molar-refractivity contribution is 7.71. The van der Waals surface area contributed by atoms with Crippen molar-refractivity contribution in [1.29, 1.82) is 0 Å². The predicted molar refractivity (Wildman–Crippen MR) is 78.4 cm³/mol. The van der Waals surface area contributed by atoms with Gasteiger partial charge in [-0.1, -0.05) is 0 Å². The zero-order valence-electron chi connectivity index (χ0n) is 11.5. The van der Waals surface area contributed by atoms with Crippen molar-refractivity contribution in [3.63, 3.8) is 0 Å². The second-order valence-corrected chi connectivity index (χ2v) is 5.30. The fourth-order valence-electron chi connectivity index (χ4n) is 2.31. The highest BCUT2D eigenvalue weighted by Crippen LogP contribution is 2.19. The molecule has 3 rings (SSSR count). The van der Waals surface area contributed by atoms with Gasteiger partial charge in [-0.15, -0.1) is 5.10 Å². The smallest absolute Gasteiger partial charge is 0.284 e. The van der Waals surface area contributed by atoms with E-state index >= 15 is 0 Å². The van der Waals surface area contributed by atoms with E-state index in [2.05, 4.69) is 10.2 Å². The van der Waals surface area contributed by atoms with Crippen molar-refractivity contribution in [3.05, 3.63) is 34.7 Å². The van der Waals surface area contributed by atoms with Crippen molar-refractivity contribution >= 4 is 18.1 Å². The molecule has 0 aliphatic carbocycles. The van der Waals surface area contributed by atoms with Crippen LogP contribution >= 0.6 is 12.2 Å². The molecule has 0 unspecified atom stereocenters. The number of nitrogens with one attached hydrogen (secondary N) is 1. The van der Waals surface area contributed by atoms with Gasteiger partial charge in [-0.05, 0) is 42.9 Å². The number of aromatic nitrogens is 2. The first-order valence-corrected chi connectivity index (χ1v) is 7.07. The number of ether oxygens (including phenoxy) is 1. The highest BCUT2D eigenvalue weighted by atomic mass is 32.1. The average Bonchev–Trinajstić information content (AvgIpc) is 3.17. The minimum Gasteiger partial charge on any atom is -0.409 e. The van der Waals surface area contributed by atoms with Gasteiger partial charge in [0.1, 0.15) is 0 Å². The molecule has 6 nitrogen and oxygen atoms in total. The second-order valence-electron chi connectivity index (χ2n) is 4.93. The van der Waals surface area contributed by atoms with Crippen molar-refractivity contribution in [2.75, 3.05) is 20.3 Å². The van der Waals surface area contributed by atoms with Crippen LogP contribution in [0.1, 0.15) is 16.8 Å². The van der Waals surface area contributed by atoms with Gasteiger partial charge in [-0.25, -0.2) is 5.10 Å². The zero-order valence-corrected chi connectivity index (χ0v) is 12.4. The Morgan fingerprint density at radius 3 is 2.76 bits per heavy atom. The molecule has 1 saturated heterocycles. The van der Waals surface area contributed by atoms with E-state index in [0.29, 0.717) is 24.7 Å². The lowest BCUT2D eigenvalue weighted by Crippen LogP contribution is -2.37. The first-order chi connectivity index (χ1) is 10.1. The third-order valence-electron chi connectivity index (χ3n) is 3.59. The number of carbonyl (C=O) groups is 1. The van der Waals surface area contributed by atoms with Gasteiger partial charge in [-0.3, -0.25) is 4.79 Å². The number of aromatic amines is 1. The first-order valence-electron chi connectivity index (χ1n) is 6.66. The summed E-state index contributed by atoms with van der Waals surface area (Å²) in [6, 6.07) is 7.26. The molecule has 2 aromatic rings. The summed E-state index contributed by atoms with van der Waals surface area (Å²) in [4.78, 5) is 14.4. The Labute approximate surface area is 126 Å². The topological polar surface area (TPSA) is 71.4 Å². The van der Waals surface area contributed by atoms with Crippen LogP contribution < -0.4 is 0 Å². The average molecular weight is 305 g/mol. The van der Waals surface area contributed by atoms with Crippen molar-refractivity contribution in [2.45, 2.75) is 12.5 Å². The van der Waals surface area contributed by atoms with Crippen LogP contribution in [0.2, 0.25) is 0 Å². The zero-order chi connectivity index (χ0) is 14.8. The molecule has 2 heterocycles. The monoisotopic (exact) mass is 305 g/mol. The molecule has 0 bridgehead atoms. The molecule has 1 aromatic heterocycles. The Bertz CT molecular complexity index is 686. The number of likely N-dealkylation sites (N-methyl/N-ethyl adjacent to an activating group) is 1. The minimum absolute atomic E-state index is 0.0139. The van der Waals surface area contributed by atoms with E-state index in [0.717, 1.165) is 12.0 Å². The number of rotatable bonds is 3. The highest BCUT2D eigenvalue weighted by Gasteiger charge is 2.24. The molecule has 7 heteroatoms. The lowest BCUT2D eigenvalue weighted by molar-refractivity contribution is 0.0711. The number of carbonyl (C=O) groups excluding carboxylic acids is 1. The van der Waals surface area contributed by atoms with Gasteiger partial charge in [0.05, 0.1) is 12.6 Å².